The van der Waals surface area contributed by atoms with Crippen LogP contribution in [-0.2, 0) is 5.54 Å². The lowest BCUT2D eigenvalue weighted by atomic mass is 9.92. The zero-order valence-corrected chi connectivity index (χ0v) is 9.90. The van der Waals surface area contributed by atoms with Crippen molar-refractivity contribution in [1.29, 1.82) is 0 Å². The molecule has 0 bridgehead atoms. The lowest BCUT2D eigenvalue weighted by Gasteiger charge is -2.24. The van der Waals surface area contributed by atoms with Gasteiger partial charge in [-0.2, -0.15) is 0 Å². The van der Waals surface area contributed by atoms with Crippen molar-refractivity contribution in [2.24, 2.45) is 0 Å². The summed E-state index contributed by atoms with van der Waals surface area (Å²) in [6, 6.07) is 4.75. The van der Waals surface area contributed by atoms with E-state index in [0.29, 0.717) is 11.3 Å². The summed E-state index contributed by atoms with van der Waals surface area (Å²) in [6.07, 6.45) is 0. The van der Waals surface area contributed by atoms with Gasteiger partial charge in [-0.1, -0.05) is 0 Å². The van der Waals surface area contributed by atoms with Crippen molar-refractivity contribution in [2.75, 3.05) is 14.2 Å². The van der Waals surface area contributed by atoms with E-state index in [1.165, 1.54) is 13.2 Å². The molecule has 5 nitrogen and oxygen atoms in total. The SMILES string of the molecule is CNC(C)(C)c1cc(OC)ccc1[N+](=O)[O-]. The summed E-state index contributed by atoms with van der Waals surface area (Å²) in [5.74, 6) is 0.615. The Morgan fingerprint density at radius 1 is 1.44 bits per heavy atom. The average molecular weight is 224 g/mol. The Hall–Kier alpha value is -1.62. The van der Waals surface area contributed by atoms with Gasteiger partial charge in [0.15, 0.2) is 0 Å². The normalized spacial score (nSPS) is 11.2. The Morgan fingerprint density at radius 2 is 2.06 bits per heavy atom. The van der Waals surface area contributed by atoms with Crippen molar-refractivity contribution in [3.8, 4) is 5.75 Å². The van der Waals surface area contributed by atoms with Crippen molar-refractivity contribution in [3.63, 3.8) is 0 Å². The number of nitrogens with one attached hydrogen (secondary N) is 1. The third kappa shape index (κ3) is 2.30. The van der Waals surface area contributed by atoms with E-state index in [4.69, 9.17) is 4.74 Å². The maximum absolute atomic E-state index is 10.9. The molecule has 1 aromatic rings. The van der Waals surface area contributed by atoms with Crippen molar-refractivity contribution in [3.05, 3.63) is 33.9 Å². The van der Waals surface area contributed by atoms with Crippen LogP contribution in [0.4, 0.5) is 5.69 Å². The number of ether oxygens (including phenoxy) is 1. The van der Waals surface area contributed by atoms with E-state index in [0.717, 1.165) is 0 Å². The molecule has 1 N–H and O–H groups in total. The molecule has 0 saturated carbocycles. The van der Waals surface area contributed by atoms with Gasteiger partial charge in [0.2, 0.25) is 0 Å². The number of benzene rings is 1. The maximum atomic E-state index is 10.9. The summed E-state index contributed by atoms with van der Waals surface area (Å²) in [4.78, 5) is 10.5. The molecule has 0 aromatic heterocycles. The van der Waals surface area contributed by atoms with Crippen LogP contribution >= 0.6 is 0 Å². The molecule has 0 fully saturated rings. The van der Waals surface area contributed by atoms with E-state index < -0.39 is 5.54 Å². The molecule has 0 spiro atoms. The summed E-state index contributed by atoms with van der Waals surface area (Å²) < 4.78 is 5.08. The molecule has 5 heteroatoms. The van der Waals surface area contributed by atoms with E-state index in [-0.39, 0.29) is 10.6 Å². The second-order valence-electron chi connectivity index (χ2n) is 4.02. The first-order valence-electron chi connectivity index (χ1n) is 4.94. The quantitative estimate of drug-likeness (QED) is 0.628. The van der Waals surface area contributed by atoms with E-state index in [1.807, 2.05) is 13.8 Å². The minimum Gasteiger partial charge on any atom is -0.497 e. The van der Waals surface area contributed by atoms with Crippen LogP contribution in [0.15, 0.2) is 18.2 Å². The summed E-state index contributed by atoms with van der Waals surface area (Å²) >= 11 is 0. The Morgan fingerprint density at radius 3 is 2.50 bits per heavy atom. The largest absolute Gasteiger partial charge is 0.497 e. The Balaban J connectivity index is 3.37. The summed E-state index contributed by atoms with van der Waals surface area (Å²) in [5.41, 5.74) is 0.233. The first kappa shape index (κ1) is 12.4. The first-order chi connectivity index (χ1) is 7.42. The fourth-order valence-corrected chi connectivity index (χ4v) is 1.44. The van der Waals surface area contributed by atoms with Crippen LogP contribution < -0.4 is 10.1 Å². The fourth-order valence-electron chi connectivity index (χ4n) is 1.44. The minimum atomic E-state index is -0.475. The third-order valence-electron chi connectivity index (χ3n) is 2.70. The van der Waals surface area contributed by atoms with E-state index in [2.05, 4.69) is 5.32 Å². The third-order valence-corrected chi connectivity index (χ3v) is 2.70. The van der Waals surface area contributed by atoms with Gasteiger partial charge in [0.05, 0.1) is 17.6 Å². The predicted molar refractivity (Wildman–Crippen MR) is 61.7 cm³/mol. The molecular weight excluding hydrogens is 208 g/mol. The second kappa shape index (κ2) is 4.49. The Labute approximate surface area is 94.6 Å². The van der Waals surface area contributed by atoms with Crippen molar-refractivity contribution >= 4 is 5.69 Å². The van der Waals surface area contributed by atoms with Crippen LogP contribution in [0.25, 0.3) is 0 Å². The fraction of sp³-hybridized carbons (Fsp3) is 0.455. The molecule has 0 aliphatic rings. The topological polar surface area (TPSA) is 64.4 Å². The van der Waals surface area contributed by atoms with Gasteiger partial charge >= 0.3 is 0 Å². The highest BCUT2D eigenvalue weighted by Gasteiger charge is 2.27. The molecule has 0 atom stereocenters. The van der Waals surface area contributed by atoms with Crippen molar-refractivity contribution < 1.29 is 9.66 Å². The van der Waals surface area contributed by atoms with Gasteiger partial charge in [-0.25, -0.2) is 0 Å². The van der Waals surface area contributed by atoms with Gasteiger partial charge in [-0.05, 0) is 33.0 Å². The molecule has 0 aliphatic heterocycles. The standard InChI is InChI=1S/C11H16N2O3/c1-11(2,12-3)9-7-8(16-4)5-6-10(9)13(14)15/h5-7,12H,1-4H3. The number of hydrogen-bond acceptors (Lipinski definition) is 4. The molecule has 0 radical (unpaired) electrons. The van der Waals surface area contributed by atoms with Gasteiger partial charge in [-0.3, -0.25) is 10.1 Å². The van der Waals surface area contributed by atoms with Gasteiger partial charge in [-0.15, -0.1) is 0 Å². The molecule has 0 amide bonds. The van der Waals surface area contributed by atoms with E-state index in [9.17, 15) is 10.1 Å². The van der Waals surface area contributed by atoms with Crippen LogP contribution in [0.2, 0.25) is 0 Å². The maximum Gasteiger partial charge on any atom is 0.274 e. The highest BCUT2D eigenvalue weighted by molar-refractivity contribution is 5.48. The second-order valence-corrected chi connectivity index (χ2v) is 4.02. The highest BCUT2D eigenvalue weighted by Crippen LogP contribution is 2.32. The van der Waals surface area contributed by atoms with Crippen molar-refractivity contribution in [1.82, 2.24) is 5.32 Å². The molecule has 1 aromatic carbocycles. The molecule has 0 heterocycles. The van der Waals surface area contributed by atoms with E-state index >= 15 is 0 Å². The Kier molecular flexibility index (Phi) is 3.49. The minimum absolute atomic E-state index is 0.0974. The summed E-state index contributed by atoms with van der Waals surface area (Å²) in [5, 5.41) is 14.0. The van der Waals surface area contributed by atoms with Crippen LogP contribution in [0.3, 0.4) is 0 Å². The summed E-state index contributed by atoms with van der Waals surface area (Å²) in [7, 11) is 3.31. The smallest absolute Gasteiger partial charge is 0.274 e. The van der Waals surface area contributed by atoms with Crippen LogP contribution in [0.5, 0.6) is 5.75 Å². The lowest BCUT2D eigenvalue weighted by Crippen LogP contribution is -2.33. The van der Waals surface area contributed by atoms with Gasteiger partial charge < -0.3 is 10.1 Å². The number of methoxy groups -OCH3 is 1. The molecule has 0 unspecified atom stereocenters. The molecular formula is C11H16N2O3. The number of rotatable bonds is 4. The Bertz CT molecular complexity index is 402. The van der Waals surface area contributed by atoms with E-state index in [1.54, 1.807) is 19.2 Å². The van der Waals surface area contributed by atoms with Gasteiger partial charge in [0.25, 0.3) is 5.69 Å². The van der Waals surface area contributed by atoms with Crippen molar-refractivity contribution in [2.45, 2.75) is 19.4 Å². The highest BCUT2D eigenvalue weighted by atomic mass is 16.6. The van der Waals surface area contributed by atoms with Gasteiger partial charge in [0, 0.05) is 11.6 Å². The number of hydrogen-bond donors (Lipinski definition) is 1. The zero-order valence-electron chi connectivity index (χ0n) is 9.90. The van der Waals surface area contributed by atoms with Crippen LogP contribution in [-0.4, -0.2) is 19.1 Å². The monoisotopic (exact) mass is 224 g/mol. The van der Waals surface area contributed by atoms with Gasteiger partial charge in [0.1, 0.15) is 5.75 Å². The van der Waals surface area contributed by atoms with Crippen LogP contribution in [0, 0.1) is 10.1 Å². The first-order valence-corrected chi connectivity index (χ1v) is 4.94. The van der Waals surface area contributed by atoms with Crippen LogP contribution in [0.1, 0.15) is 19.4 Å². The molecule has 88 valence electrons. The molecule has 1 rings (SSSR count). The average Bonchev–Trinajstić information content (AvgIpc) is 2.28. The number of nitro benzene ring substituents is 1. The molecule has 0 aliphatic carbocycles. The summed E-state index contributed by atoms with van der Waals surface area (Å²) in [6.45, 7) is 3.77. The lowest BCUT2D eigenvalue weighted by molar-refractivity contribution is -0.386. The number of nitro groups is 1. The number of nitrogens with zero attached hydrogens (tertiary/aromatic N) is 1. The zero-order chi connectivity index (χ0) is 12.3. The predicted octanol–water partition coefficient (Wildman–Crippen LogP) is 2.06. The molecule has 16 heavy (non-hydrogen) atoms. The molecule has 0 saturated heterocycles.